The van der Waals surface area contributed by atoms with E-state index in [1.165, 1.54) is 0 Å². The van der Waals surface area contributed by atoms with Crippen LogP contribution in [0, 0.1) is 6.92 Å². The van der Waals surface area contributed by atoms with Crippen LogP contribution in [0.5, 0.6) is 5.75 Å². The van der Waals surface area contributed by atoms with Gasteiger partial charge in [0.2, 0.25) is 0 Å². The number of aromatic nitrogens is 4. The smallest absolute Gasteiger partial charge is 0.188 e. The molecule has 0 amide bonds. The summed E-state index contributed by atoms with van der Waals surface area (Å²) in [5.74, 6) is 1.22. The van der Waals surface area contributed by atoms with Crippen molar-refractivity contribution in [1.82, 2.24) is 19.7 Å². The Morgan fingerprint density at radius 1 is 1.12 bits per heavy atom. The molecule has 0 N–H and O–H groups in total. The van der Waals surface area contributed by atoms with Crippen molar-refractivity contribution in [2.45, 2.75) is 6.92 Å². The van der Waals surface area contributed by atoms with Crippen LogP contribution in [0.4, 0.5) is 0 Å². The minimum atomic E-state index is 0.132. The summed E-state index contributed by atoms with van der Waals surface area (Å²) < 4.78 is 12.6. The lowest BCUT2D eigenvalue weighted by atomic mass is 10.1. The zero-order valence-electron chi connectivity index (χ0n) is 14.7. The molecule has 0 unspecified atom stereocenters. The van der Waals surface area contributed by atoms with E-state index in [1.807, 2.05) is 50.5 Å². The highest BCUT2D eigenvalue weighted by Gasteiger charge is 2.15. The largest absolute Gasteiger partial charge is 0.467 e. The van der Waals surface area contributed by atoms with Crippen LogP contribution < -0.4 is 4.74 Å². The molecule has 0 bridgehead atoms. The van der Waals surface area contributed by atoms with Crippen LogP contribution in [0.3, 0.4) is 0 Å². The minimum absolute atomic E-state index is 0.132. The lowest BCUT2D eigenvalue weighted by molar-refractivity contribution is 0.0516. The Morgan fingerprint density at radius 3 is 2.77 bits per heavy atom. The van der Waals surface area contributed by atoms with Crippen molar-refractivity contribution in [3.63, 3.8) is 0 Å². The summed E-state index contributed by atoms with van der Waals surface area (Å²) in [6.45, 7) is 2.08. The van der Waals surface area contributed by atoms with Crippen molar-refractivity contribution >= 4 is 33.4 Å². The molecule has 132 valence electrons. The molecule has 4 rings (SSSR count). The number of rotatable bonds is 4. The van der Waals surface area contributed by atoms with Crippen LogP contribution in [0.25, 0.3) is 33.2 Å². The van der Waals surface area contributed by atoms with Gasteiger partial charge >= 0.3 is 0 Å². The molecule has 0 aliphatic carbocycles. The van der Waals surface area contributed by atoms with Crippen LogP contribution in [0.1, 0.15) is 5.69 Å². The summed E-state index contributed by atoms with van der Waals surface area (Å²) in [4.78, 5) is 9.39. The predicted octanol–water partition coefficient (Wildman–Crippen LogP) is 4.13. The Bertz CT molecular complexity index is 1120. The number of hydrogen-bond donors (Lipinski definition) is 0. The van der Waals surface area contributed by atoms with E-state index in [1.54, 1.807) is 11.8 Å². The Balaban J connectivity index is 1.94. The zero-order valence-corrected chi connectivity index (χ0v) is 15.4. The van der Waals surface area contributed by atoms with Crippen LogP contribution >= 0.6 is 11.6 Å². The molecular weight excluding hydrogens is 352 g/mol. The number of fused-ring (bicyclic) bond motifs is 2. The quantitative estimate of drug-likeness (QED) is 0.507. The Labute approximate surface area is 155 Å². The Hall–Kier alpha value is -2.70. The molecule has 0 aliphatic rings. The van der Waals surface area contributed by atoms with E-state index in [9.17, 15) is 0 Å². The third-order valence-electron chi connectivity index (χ3n) is 4.14. The van der Waals surface area contributed by atoms with E-state index in [0.29, 0.717) is 16.6 Å². The second kappa shape index (κ2) is 6.55. The standard InChI is InChI=1S/C19H17ClN4O2/c1-11-14-7-13(20)4-5-16(14)22-19(21-11)15-6-12-9-24(2)23-17(12)8-18(15)26-10-25-3/h4-9H,10H2,1-3H3. The highest BCUT2D eigenvalue weighted by molar-refractivity contribution is 6.31. The fourth-order valence-corrected chi connectivity index (χ4v) is 3.14. The Morgan fingerprint density at radius 2 is 1.96 bits per heavy atom. The van der Waals surface area contributed by atoms with Gasteiger partial charge in [0, 0.05) is 47.9 Å². The number of methoxy groups -OCH3 is 1. The topological polar surface area (TPSA) is 62.1 Å². The molecule has 0 aliphatic heterocycles. The highest BCUT2D eigenvalue weighted by atomic mass is 35.5. The molecule has 2 aromatic carbocycles. The van der Waals surface area contributed by atoms with E-state index in [2.05, 4.69) is 10.1 Å². The van der Waals surface area contributed by atoms with Gasteiger partial charge in [-0.1, -0.05) is 11.6 Å². The zero-order chi connectivity index (χ0) is 18.3. The van der Waals surface area contributed by atoms with Gasteiger partial charge in [0.1, 0.15) is 5.75 Å². The van der Waals surface area contributed by atoms with Crippen molar-refractivity contribution in [2.75, 3.05) is 13.9 Å². The third kappa shape index (κ3) is 2.98. The fraction of sp³-hybridized carbons (Fsp3) is 0.211. The van der Waals surface area contributed by atoms with Gasteiger partial charge in [-0.15, -0.1) is 0 Å². The van der Waals surface area contributed by atoms with Gasteiger partial charge in [-0.25, -0.2) is 9.97 Å². The van der Waals surface area contributed by atoms with Crippen molar-refractivity contribution in [3.8, 4) is 17.1 Å². The summed E-state index contributed by atoms with van der Waals surface area (Å²) in [5, 5.41) is 7.02. The van der Waals surface area contributed by atoms with Crippen molar-refractivity contribution in [2.24, 2.45) is 7.05 Å². The van der Waals surface area contributed by atoms with Crippen LogP contribution in [-0.2, 0) is 11.8 Å². The molecule has 0 saturated carbocycles. The van der Waals surface area contributed by atoms with Crippen molar-refractivity contribution in [3.05, 3.63) is 47.2 Å². The summed E-state index contributed by atoms with van der Waals surface area (Å²) in [5.41, 5.74) is 3.33. The average Bonchev–Trinajstić information content (AvgIpc) is 2.98. The molecule has 0 saturated heterocycles. The normalized spacial score (nSPS) is 11.4. The van der Waals surface area contributed by atoms with Crippen LogP contribution in [0.15, 0.2) is 36.5 Å². The van der Waals surface area contributed by atoms with Gasteiger partial charge in [-0.05, 0) is 31.2 Å². The summed E-state index contributed by atoms with van der Waals surface area (Å²) in [6.07, 6.45) is 1.95. The number of halogens is 1. The second-order valence-electron chi connectivity index (χ2n) is 6.05. The number of nitrogens with zero attached hydrogens (tertiary/aromatic N) is 4. The Kier molecular flexibility index (Phi) is 4.22. The van der Waals surface area contributed by atoms with Crippen LogP contribution in [0.2, 0.25) is 5.02 Å². The minimum Gasteiger partial charge on any atom is -0.467 e. The number of hydrogen-bond acceptors (Lipinski definition) is 5. The fourth-order valence-electron chi connectivity index (χ4n) is 2.97. The first kappa shape index (κ1) is 16.8. The lowest BCUT2D eigenvalue weighted by Gasteiger charge is -2.12. The molecule has 26 heavy (non-hydrogen) atoms. The van der Waals surface area contributed by atoms with E-state index < -0.39 is 0 Å². The first-order valence-corrected chi connectivity index (χ1v) is 8.46. The maximum absolute atomic E-state index is 6.10. The van der Waals surface area contributed by atoms with E-state index in [-0.39, 0.29) is 6.79 Å². The molecule has 7 heteroatoms. The van der Waals surface area contributed by atoms with Gasteiger partial charge in [0.05, 0.1) is 16.6 Å². The number of aryl methyl sites for hydroxylation is 2. The molecule has 2 aromatic heterocycles. The van der Waals surface area contributed by atoms with Gasteiger partial charge in [-0.2, -0.15) is 5.10 Å². The third-order valence-corrected chi connectivity index (χ3v) is 4.38. The monoisotopic (exact) mass is 368 g/mol. The van der Waals surface area contributed by atoms with Gasteiger partial charge in [-0.3, -0.25) is 4.68 Å². The summed E-state index contributed by atoms with van der Waals surface area (Å²) >= 11 is 6.10. The number of ether oxygens (including phenoxy) is 2. The van der Waals surface area contributed by atoms with Gasteiger partial charge in [0.15, 0.2) is 12.6 Å². The summed E-state index contributed by atoms with van der Waals surface area (Å²) in [7, 11) is 3.47. The molecule has 4 aromatic rings. The van der Waals surface area contributed by atoms with Crippen LogP contribution in [-0.4, -0.2) is 33.7 Å². The average molecular weight is 369 g/mol. The van der Waals surface area contributed by atoms with E-state index >= 15 is 0 Å². The predicted molar refractivity (Wildman–Crippen MR) is 101 cm³/mol. The second-order valence-corrected chi connectivity index (χ2v) is 6.49. The molecule has 0 atom stereocenters. The maximum atomic E-state index is 6.10. The first-order chi connectivity index (χ1) is 12.5. The molecule has 2 heterocycles. The highest BCUT2D eigenvalue weighted by Crippen LogP contribution is 2.33. The van der Waals surface area contributed by atoms with Gasteiger partial charge in [0.25, 0.3) is 0 Å². The number of benzene rings is 2. The van der Waals surface area contributed by atoms with Crippen molar-refractivity contribution in [1.29, 1.82) is 0 Å². The first-order valence-electron chi connectivity index (χ1n) is 8.08. The maximum Gasteiger partial charge on any atom is 0.188 e. The lowest BCUT2D eigenvalue weighted by Crippen LogP contribution is -2.02. The SMILES string of the molecule is COCOc1cc2nn(C)cc2cc1-c1nc(C)c2cc(Cl)ccc2n1. The molecular formula is C19H17ClN4O2. The molecule has 0 radical (unpaired) electrons. The molecule has 6 nitrogen and oxygen atoms in total. The van der Waals surface area contributed by atoms with Crippen molar-refractivity contribution < 1.29 is 9.47 Å². The summed E-state index contributed by atoms with van der Waals surface area (Å²) in [6, 6.07) is 9.47. The molecule has 0 fully saturated rings. The molecule has 0 spiro atoms. The van der Waals surface area contributed by atoms with E-state index in [0.717, 1.165) is 33.1 Å². The van der Waals surface area contributed by atoms with Gasteiger partial charge < -0.3 is 9.47 Å². The van der Waals surface area contributed by atoms with E-state index in [4.69, 9.17) is 26.1 Å².